The maximum atomic E-state index is 14.8. The van der Waals surface area contributed by atoms with Crippen LogP contribution in [0.5, 0.6) is 0 Å². The summed E-state index contributed by atoms with van der Waals surface area (Å²) in [6.07, 6.45) is 1.54. The third-order valence-electron chi connectivity index (χ3n) is 3.37. The Morgan fingerprint density at radius 2 is 1.89 bits per heavy atom. The predicted octanol–water partition coefficient (Wildman–Crippen LogP) is 2.94. The van der Waals surface area contributed by atoms with Crippen LogP contribution in [0.4, 0.5) is 4.39 Å². The second kappa shape index (κ2) is 6.86. The maximum Gasteiger partial charge on any atom is 0.138 e. The van der Waals surface area contributed by atoms with Gasteiger partial charge in [0, 0.05) is 13.5 Å². The Kier molecular flexibility index (Phi) is 5.76. The van der Waals surface area contributed by atoms with Gasteiger partial charge in [-0.15, -0.1) is 0 Å². The monoisotopic (exact) mass is 253 g/mol. The number of hydrogen-bond donors (Lipinski definition) is 1. The molecule has 0 fully saturated rings. The molecule has 0 aliphatic heterocycles. The van der Waals surface area contributed by atoms with Gasteiger partial charge < -0.3 is 10.5 Å². The predicted molar refractivity (Wildman–Crippen MR) is 73.6 cm³/mol. The van der Waals surface area contributed by atoms with E-state index in [2.05, 4.69) is 0 Å². The lowest BCUT2D eigenvalue weighted by Crippen LogP contribution is -2.33. The van der Waals surface area contributed by atoms with Gasteiger partial charge in [0.15, 0.2) is 0 Å². The molecule has 1 aromatic rings. The number of ether oxygens (including phenoxy) is 1. The molecular formula is C15H24FNO. The van der Waals surface area contributed by atoms with Crippen LogP contribution in [0, 0.1) is 13.8 Å². The smallest absolute Gasteiger partial charge is 0.138 e. The topological polar surface area (TPSA) is 35.2 Å². The molecular weight excluding hydrogens is 229 g/mol. The van der Waals surface area contributed by atoms with Crippen LogP contribution in [0.25, 0.3) is 0 Å². The van der Waals surface area contributed by atoms with Crippen LogP contribution >= 0.6 is 0 Å². The minimum atomic E-state index is -1.31. The van der Waals surface area contributed by atoms with E-state index in [1.165, 1.54) is 0 Å². The largest absolute Gasteiger partial charge is 0.381 e. The summed E-state index contributed by atoms with van der Waals surface area (Å²) >= 11 is 0. The van der Waals surface area contributed by atoms with Gasteiger partial charge in [-0.1, -0.05) is 18.2 Å². The number of aryl methyl sites for hydroxylation is 2. The second-order valence-corrected chi connectivity index (χ2v) is 5.02. The molecule has 3 heteroatoms. The number of methoxy groups -OCH3 is 1. The minimum Gasteiger partial charge on any atom is -0.381 e. The maximum absolute atomic E-state index is 14.8. The zero-order chi connectivity index (χ0) is 13.6. The average Bonchev–Trinajstić information content (AvgIpc) is 2.32. The van der Waals surface area contributed by atoms with Crippen molar-refractivity contribution in [2.45, 2.75) is 38.8 Å². The normalized spacial score (nSPS) is 14.5. The third kappa shape index (κ3) is 4.07. The minimum absolute atomic E-state index is 0.126. The highest BCUT2D eigenvalue weighted by Gasteiger charge is 2.30. The first-order valence-electron chi connectivity index (χ1n) is 6.45. The molecule has 0 aromatic heterocycles. The first-order chi connectivity index (χ1) is 8.52. The zero-order valence-corrected chi connectivity index (χ0v) is 11.6. The molecule has 1 rings (SSSR count). The van der Waals surface area contributed by atoms with E-state index in [0.29, 0.717) is 25.8 Å². The van der Waals surface area contributed by atoms with Crippen molar-refractivity contribution in [2.75, 3.05) is 20.3 Å². The quantitative estimate of drug-likeness (QED) is 0.811. The summed E-state index contributed by atoms with van der Waals surface area (Å²) in [4.78, 5) is 0. The number of alkyl halides is 1. The molecule has 0 radical (unpaired) electrons. The van der Waals surface area contributed by atoms with Gasteiger partial charge in [0.1, 0.15) is 5.67 Å². The molecule has 1 unspecified atom stereocenters. The van der Waals surface area contributed by atoms with Crippen molar-refractivity contribution in [2.24, 2.45) is 5.73 Å². The van der Waals surface area contributed by atoms with Gasteiger partial charge in [-0.2, -0.15) is 0 Å². The summed E-state index contributed by atoms with van der Waals surface area (Å²) < 4.78 is 19.9. The molecule has 2 N–H and O–H groups in total. The third-order valence-corrected chi connectivity index (χ3v) is 3.37. The SMILES string of the molecule is COCC(F)(CCCN)Cc1c(C)cccc1C. The number of nitrogens with two attached hydrogens (primary N) is 1. The van der Waals surface area contributed by atoms with E-state index in [4.69, 9.17) is 10.5 Å². The summed E-state index contributed by atoms with van der Waals surface area (Å²) in [5, 5.41) is 0. The Morgan fingerprint density at radius 1 is 1.28 bits per heavy atom. The number of benzene rings is 1. The summed E-state index contributed by atoms with van der Waals surface area (Å²) in [5.74, 6) is 0. The average molecular weight is 253 g/mol. The lowest BCUT2D eigenvalue weighted by Gasteiger charge is -2.26. The molecule has 0 bridgehead atoms. The van der Waals surface area contributed by atoms with Crippen molar-refractivity contribution in [3.05, 3.63) is 34.9 Å². The fourth-order valence-corrected chi connectivity index (χ4v) is 2.33. The Hall–Kier alpha value is -0.930. The molecule has 0 aliphatic rings. The van der Waals surface area contributed by atoms with E-state index in [0.717, 1.165) is 16.7 Å². The fourth-order valence-electron chi connectivity index (χ4n) is 2.33. The first kappa shape index (κ1) is 15.1. The lowest BCUT2D eigenvalue weighted by molar-refractivity contribution is 0.0332. The molecule has 0 saturated carbocycles. The van der Waals surface area contributed by atoms with Crippen molar-refractivity contribution in [3.63, 3.8) is 0 Å². The zero-order valence-electron chi connectivity index (χ0n) is 11.6. The standard InChI is InChI=1S/C15H24FNO/c1-12-6-4-7-13(2)14(12)10-15(16,11-18-3)8-5-9-17/h4,6-7H,5,8-11,17H2,1-3H3. The Labute approximate surface area is 109 Å². The summed E-state index contributed by atoms with van der Waals surface area (Å²) in [6, 6.07) is 6.06. The van der Waals surface area contributed by atoms with Gasteiger partial charge in [-0.25, -0.2) is 4.39 Å². The molecule has 0 spiro atoms. The lowest BCUT2D eigenvalue weighted by atomic mass is 9.88. The van der Waals surface area contributed by atoms with Gasteiger partial charge in [-0.05, 0) is 49.9 Å². The van der Waals surface area contributed by atoms with E-state index >= 15 is 0 Å². The molecule has 0 saturated heterocycles. The summed E-state index contributed by atoms with van der Waals surface area (Å²) in [5.41, 5.74) is 7.53. The highest BCUT2D eigenvalue weighted by Crippen LogP contribution is 2.27. The van der Waals surface area contributed by atoms with E-state index in [1.54, 1.807) is 7.11 Å². The number of hydrogen-bond acceptors (Lipinski definition) is 2. The van der Waals surface area contributed by atoms with Gasteiger partial charge in [0.2, 0.25) is 0 Å². The van der Waals surface area contributed by atoms with Crippen LogP contribution in [0.1, 0.15) is 29.5 Å². The molecule has 2 nitrogen and oxygen atoms in total. The van der Waals surface area contributed by atoms with Crippen molar-refractivity contribution < 1.29 is 9.13 Å². The van der Waals surface area contributed by atoms with E-state index in [-0.39, 0.29) is 6.61 Å². The summed E-state index contributed by atoms with van der Waals surface area (Å²) in [6.45, 7) is 4.69. The van der Waals surface area contributed by atoms with Crippen molar-refractivity contribution in [3.8, 4) is 0 Å². The summed E-state index contributed by atoms with van der Waals surface area (Å²) in [7, 11) is 1.54. The number of rotatable bonds is 7. The van der Waals surface area contributed by atoms with Crippen LogP contribution in [0.2, 0.25) is 0 Å². The van der Waals surface area contributed by atoms with Crippen LogP contribution in [-0.4, -0.2) is 25.9 Å². The van der Waals surface area contributed by atoms with E-state index in [9.17, 15) is 4.39 Å². The molecule has 1 atom stereocenters. The number of halogens is 1. The molecule has 0 amide bonds. The van der Waals surface area contributed by atoms with E-state index < -0.39 is 5.67 Å². The van der Waals surface area contributed by atoms with Crippen molar-refractivity contribution in [1.82, 2.24) is 0 Å². The molecule has 1 aromatic carbocycles. The Bertz CT molecular complexity index is 361. The van der Waals surface area contributed by atoms with Crippen molar-refractivity contribution >= 4 is 0 Å². The fraction of sp³-hybridized carbons (Fsp3) is 0.600. The second-order valence-electron chi connectivity index (χ2n) is 5.02. The van der Waals surface area contributed by atoms with Crippen LogP contribution in [-0.2, 0) is 11.2 Å². The van der Waals surface area contributed by atoms with Gasteiger partial charge >= 0.3 is 0 Å². The van der Waals surface area contributed by atoms with Crippen LogP contribution < -0.4 is 5.73 Å². The van der Waals surface area contributed by atoms with Gasteiger partial charge in [-0.3, -0.25) is 0 Å². The molecule has 18 heavy (non-hydrogen) atoms. The molecule has 0 heterocycles. The first-order valence-corrected chi connectivity index (χ1v) is 6.45. The molecule has 102 valence electrons. The Morgan fingerprint density at radius 3 is 2.39 bits per heavy atom. The van der Waals surface area contributed by atoms with Gasteiger partial charge in [0.25, 0.3) is 0 Å². The highest BCUT2D eigenvalue weighted by atomic mass is 19.1. The Balaban J connectivity index is 2.88. The van der Waals surface area contributed by atoms with Crippen LogP contribution in [0.3, 0.4) is 0 Å². The van der Waals surface area contributed by atoms with E-state index in [1.807, 2.05) is 32.0 Å². The van der Waals surface area contributed by atoms with Crippen LogP contribution in [0.15, 0.2) is 18.2 Å². The van der Waals surface area contributed by atoms with Crippen molar-refractivity contribution in [1.29, 1.82) is 0 Å². The molecule has 0 aliphatic carbocycles. The highest BCUT2D eigenvalue weighted by molar-refractivity contribution is 5.34. The van der Waals surface area contributed by atoms with Gasteiger partial charge in [0.05, 0.1) is 6.61 Å².